The standard InChI is InChI=1S/C16H22N4O3/c1-2-17-16(23)18-14(21)12-19-8-10-20(11-9-19)15(22)13-6-4-3-5-7-13/h3-7H,2,8-12H2,1H3,(H2,17,18,21,23)/p+1. The lowest BCUT2D eigenvalue weighted by Gasteiger charge is -2.31. The fourth-order valence-electron chi connectivity index (χ4n) is 2.57. The van der Waals surface area contributed by atoms with E-state index in [0.29, 0.717) is 38.3 Å². The second-order valence-electron chi connectivity index (χ2n) is 5.49. The van der Waals surface area contributed by atoms with Crippen LogP contribution in [0.2, 0.25) is 0 Å². The summed E-state index contributed by atoms with van der Waals surface area (Å²) in [6.45, 7) is 5.12. The van der Waals surface area contributed by atoms with Gasteiger partial charge in [-0.15, -0.1) is 0 Å². The molecule has 3 N–H and O–H groups in total. The average molecular weight is 319 g/mol. The van der Waals surface area contributed by atoms with Gasteiger partial charge in [-0.2, -0.15) is 0 Å². The zero-order chi connectivity index (χ0) is 16.7. The van der Waals surface area contributed by atoms with Crippen LogP contribution in [-0.4, -0.2) is 62.0 Å². The van der Waals surface area contributed by atoms with Gasteiger partial charge in [0.2, 0.25) is 0 Å². The van der Waals surface area contributed by atoms with Crippen LogP contribution < -0.4 is 15.5 Å². The first-order valence-corrected chi connectivity index (χ1v) is 7.85. The summed E-state index contributed by atoms with van der Waals surface area (Å²) in [4.78, 5) is 38.3. The second-order valence-corrected chi connectivity index (χ2v) is 5.49. The molecule has 0 aromatic heterocycles. The Kier molecular flexibility index (Phi) is 6.10. The van der Waals surface area contributed by atoms with Crippen LogP contribution in [0.25, 0.3) is 0 Å². The molecule has 0 spiro atoms. The molecule has 124 valence electrons. The van der Waals surface area contributed by atoms with Gasteiger partial charge in [-0.1, -0.05) is 18.2 Å². The number of hydrogen-bond acceptors (Lipinski definition) is 3. The third-order valence-electron chi connectivity index (χ3n) is 3.78. The Morgan fingerprint density at radius 3 is 2.39 bits per heavy atom. The maximum Gasteiger partial charge on any atom is 0.321 e. The Hall–Kier alpha value is -2.41. The summed E-state index contributed by atoms with van der Waals surface area (Å²) in [5.41, 5.74) is 0.685. The van der Waals surface area contributed by atoms with Crippen molar-refractivity contribution in [3.63, 3.8) is 0 Å². The van der Waals surface area contributed by atoms with E-state index in [2.05, 4.69) is 10.6 Å². The normalized spacial score (nSPS) is 15.1. The fourth-order valence-corrected chi connectivity index (χ4v) is 2.57. The summed E-state index contributed by atoms with van der Waals surface area (Å²) in [5.74, 6) is -0.273. The number of nitrogens with zero attached hydrogens (tertiary/aromatic N) is 1. The van der Waals surface area contributed by atoms with Crippen molar-refractivity contribution in [3.8, 4) is 0 Å². The first-order chi connectivity index (χ1) is 11.1. The zero-order valence-corrected chi connectivity index (χ0v) is 13.3. The summed E-state index contributed by atoms with van der Waals surface area (Å²) in [7, 11) is 0. The highest BCUT2D eigenvalue weighted by Crippen LogP contribution is 2.04. The van der Waals surface area contributed by atoms with E-state index in [0.717, 1.165) is 4.90 Å². The molecule has 1 saturated heterocycles. The molecular weight excluding hydrogens is 296 g/mol. The van der Waals surface area contributed by atoms with Crippen LogP contribution in [0.3, 0.4) is 0 Å². The van der Waals surface area contributed by atoms with Gasteiger partial charge >= 0.3 is 6.03 Å². The topological polar surface area (TPSA) is 82.9 Å². The van der Waals surface area contributed by atoms with E-state index in [1.54, 1.807) is 24.0 Å². The molecule has 1 aliphatic rings. The molecule has 1 aromatic rings. The van der Waals surface area contributed by atoms with Crippen molar-refractivity contribution in [2.45, 2.75) is 6.92 Å². The predicted octanol–water partition coefficient (Wildman–Crippen LogP) is -1.13. The molecule has 23 heavy (non-hydrogen) atoms. The second kappa shape index (κ2) is 8.28. The van der Waals surface area contributed by atoms with Crippen molar-refractivity contribution in [2.75, 3.05) is 39.3 Å². The van der Waals surface area contributed by atoms with Gasteiger partial charge in [-0.25, -0.2) is 4.79 Å². The lowest BCUT2D eigenvalue weighted by molar-refractivity contribution is -0.895. The monoisotopic (exact) mass is 319 g/mol. The lowest BCUT2D eigenvalue weighted by atomic mass is 10.2. The number of imide groups is 1. The molecule has 4 amide bonds. The number of benzene rings is 1. The Morgan fingerprint density at radius 1 is 1.13 bits per heavy atom. The molecule has 0 aliphatic carbocycles. The van der Waals surface area contributed by atoms with Gasteiger partial charge in [-0.05, 0) is 19.1 Å². The molecule has 1 aliphatic heterocycles. The summed E-state index contributed by atoms with van der Waals surface area (Å²) < 4.78 is 0. The molecule has 0 unspecified atom stereocenters. The third kappa shape index (κ3) is 5.07. The minimum atomic E-state index is -0.463. The van der Waals surface area contributed by atoms with Crippen LogP contribution in [0.15, 0.2) is 30.3 Å². The minimum Gasteiger partial charge on any atom is -0.338 e. The Bertz CT molecular complexity index is 554. The third-order valence-corrected chi connectivity index (χ3v) is 3.78. The highest BCUT2D eigenvalue weighted by atomic mass is 16.2. The number of quaternary nitrogens is 1. The van der Waals surface area contributed by atoms with Gasteiger partial charge in [0.1, 0.15) is 0 Å². The SMILES string of the molecule is CCNC(=O)NC(=O)C[NH+]1CCN(C(=O)c2ccccc2)CC1. The molecule has 0 saturated carbocycles. The highest BCUT2D eigenvalue weighted by molar-refractivity contribution is 5.95. The van der Waals surface area contributed by atoms with Crippen LogP contribution in [0.4, 0.5) is 4.79 Å². The van der Waals surface area contributed by atoms with Crippen molar-refractivity contribution in [2.24, 2.45) is 0 Å². The van der Waals surface area contributed by atoms with Crippen LogP contribution in [-0.2, 0) is 4.79 Å². The van der Waals surface area contributed by atoms with Gasteiger partial charge in [0.25, 0.3) is 11.8 Å². The largest absolute Gasteiger partial charge is 0.338 e. The predicted molar refractivity (Wildman–Crippen MR) is 85.1 cm³/mol. The smallest absolute Gasteiger partial charge is 0.321 e. The van der Waals surface area contributed by atoms with Crippen LogP contribution >= 0.6 is 0 Å². The molecule has 0 atom stereocenters. The number of amides is 4. The summed E-state index contributed by atoms with van der Waals surface area (Å²) in [6.07, 6.45) is 0. The molecule has 1 heterocycles. The van der Waals surface area contributed by atoms with E-state index in [-0.39, 0.29) is 18.4 Å². The van der Waals surface area contributed by atoms with E-state index in [4.69, 9.17) is 0 Å². The quantitative estimate of drug-likeness (QED) is 0.657. The first-order valence-electron chi connectivity index (χ1n) is 7.85. The average Bonchev–Trinajstić information content (AvgIpc) is 2.56. The number of carbonyl (C=O) groups is 3. The van der Waals surface area contributed by atoms with Gasteiger partial charge in [0, 0.05) is 12.1 Å². The van der Waals surface area contributed by atoms with Gasteiger partial charge in [0.05, 0.1) is 26.2 Å². The first kappa shape index (κ1) is 17.0. The Balaban J connectivity index is 1.77. The Labute approximate surface area is 135 Å². The molecule has 0 radical (unpaired) electrons. The van der Waals surface area contributed by atoms with E-state index >= 15 is 0 Å². The summed E-state index contributed by atoms with van der Waals surface area (Å²) in [5, 5.41) is 4.82. The van der Waals surface area contributed by atoms with Crippen LogP contribution in [0, 0.1) is 0 Å². The van der Waals surface area contributed by atoms with E-state index in [1.807, 2.05) is 18.2 Å². The van der Waals surface area contributed by atoms with Gasteiger partial charge < -0.3 is 15.1 Å². The molecule has 1 fully saturated rings. The number of nitrogens with one attached hydrogen (secondary N) is 3. The van der Waals surface area contributed by atoms with Gasteiger partial charge in [0.15, 0.2) is 6.54 Å². The number of rotatable bonds is 4. The molecular formula is C16H23N4O3+. The highest BCUT2D eigenvalue weighted by Gasteiger charge is 2.26. The van der Waals surface area contributed by atoms with Crippen molar-refractivity contribution in [1.29, 1.82) is 0 Å². The van der Waals surface area contributed by atoms with Crippen LogP contribution in [0.1, 0.15) is 17.3 Å². The number of carbonyl (C=O) groups excluding carboxylic acids is 3. The zero-order valence-electron chi connectivity index (χ0n) is 13.3. The van der Waals surface area contributed by atoms with Crippen molar-refractivity contribution in [1.82, 2.24) is 15.5 Å². The summed E-state index contributed by atoms with van der Waals surface area (Å²) >= 11 is 0. The number of piperazine rings is 1. The molecule has 2 rings (SSSR count). The number of hydrogen-bond donors (Lipinski definition) is 3. The lowest BCUT2D eigenvalue weighted by Crippen LogP contribution is -3.15. The molecule has 7 nitrogen and oxygen atoms in total. The summed E-state index contributed by atoms with van der Waals surface area (Å²) in [6, 6.07) is 8.73. The molecule has 7 heteroatoms. The van der Waals surface area contributed by atoms with Crippen molar-refractivity contribution >= 4 is 17.8 Å². The maximum atomic E-state index is 12.3. The van der Waals surface area contributed by atoms with E-state index in [9.17, 15) is 14.4 Å². The van der Waals surface area contributed by atoms with E-state index < -0.39 is 6.03 Å². The number of urea groups is 1. The van der Waals surface area contributed by atoms with Crippen molar-refractivity contribution in [3.05, 3.63) is 35.9 Å². The molecule has 1 aromatic carbocycles. The van der Waals surface area contributed by atoms with Crippen molar-refractivity contribution < 1.29 is 19.3 Å². The fraction of sp³-hybridized carbons (Fsp3) is 0.438. The molecule has 0 bridgehead atoms. The minimum absolute atomic E-state index is 0.0245. The Morgan fingerprint density at radius 2 is 1.78 bits per heavy atom. The van der Waals surface area contributed by atoms with Crippen LogP contribution in [0.5, 0.6) is 0 Å². The maximum absolute atomic E-state index is 12.3. The van der Waals surface area contributed by atoms with E-state index in [1.165, 1.54) is 0 Å². The van der Waals surface area contributed by atoms with Gasteiger partial charge in [-0.3, -0.25) is 14.9 Å².